The number of morpholine rings is 1. The lowest BCUT2D eigenvalue weighted by Gasteiger charge is -2.26. The first kappa shape index (κ1) is 39.6. The van der Waals surface area contributed by atoms with E-state index in [2.05, 4.69) is 10.2 Å². The molecule has 0 unspecified atom stereocenters. The van der Waals surface area contributed by atoms with Crippen molar-refractivity contribution in [2.45, 2.75) is 18.8 Å². The van der Waals surface area contributed by atoms with Crippen LogP contribution in [0.3, 0.4) is 0 Å². The molecular formula is C35H31F6N3O7S2. The summed E-state index contributed by atoms with van der Waals surface area (Å²) in [5.74, 6) is -2.14. The first-order valence-corrected chi connectivity index (χ1v) is 17.1. The summed E-state index contributed by atoms with van der Waals surface area (Å²) < 4.78 is 99.6. The Bertz CT molecular complexity index is 1880. The van der Waals surface area contributed by atoms with E-state index in [1.54, 1.807) is 0 Å². The average Bonchev–Trinajstić information content (AvgIpc) is 3.38. The van der Waals surface area contributed by atoms with Gasteiger partial charge in [0.1, 0.15) is 10.9 Å². The number of carbonyl (C=O) groups excluding carboxylic acids is 2. The molecular weight excluding hydrogens is 753 g/mol. The van der Waals surface area contributed by atoms with Gasteiger partial charge in [0, 0.05) is 43.9 Å². The second kappa shape index (κ2) is 16.6. The molecule has 5 rings (SSSR count). The molecule has 18 heteroatoms. The van der Waals surface area contributed by atoms with Crippen LogP contribution in [0.2, 0.25) is 0 Å². The summed E-state index contributed by atoms with van der Waals surface area (Å²) >= 11 is 6.30. The van der Waals surface area contributed by atoms with Gasteiger partial charge in [-0.1, -0.05) is 24.0 Å². The number of benzene rings is 3. The lowest BCUT2D eigenvalue weighted by Crippen LogP contribution is -2.38. The van der Waals surface area contributed by atoms with Crippen LogP contribution in [0.15, 0.2) is 59.5 Å². The van der Waals surface area contributed by atoms with Gasteiger partial charge in [-0.25, -0.2) is 4.79 Å². The molecule has 0 spiro atoms. The third-order valence-corrected chi connectivity index (χ3v) is 9.50. The van der Waals surface area contributed by atoms with Crippen LogP contribution < -0.4 is 14.8 Å². The Morgan fingerprint density at radius 2 is 1.58 bits per heavy atom. The van der Waals surface area contributed by atoms with E-state index in [9.17, 15) is 40.7 Å². The van der Waals surface area contributed by atoms with Gasteiger partial charge in [0.05, 0.1) is 41.9 Å². The van der Waals surface area contributed by atoms with E-state index in [1.165, 1.54) is 54.5 Å². The maximum Gasteiger partial charge on any atom is 0.416 e. The zero-order chi connectivity index (χ0) is 38.5. The summed E-state index contributed by atoms with van der Waals surface area (Å²) in [4.78, 5) is 40.6. The Morgan fingerprint density at radius 1 is 0.962 bits per heavy atom. The van der Waals surface area contributed by atoms with Gasteiger partial charge >= 0.3 is 18.3 Å². The van der Waals surface area contributed by atoms with Crippen molar-refractivity contribution in [2.75, 3.05) is 58.4 Å². The summed E-state index contributed by atoms with van der Waals surface area (Å²) in [5.41, 5.74) is -3.00. The molecule has 3 aromatic carbocycles. The van der Waals surface area contributed by atoms with Crippen LogP contribution in [-0.2, 0) is 26.7 Å². The van der Waals surface area contributed by atoms with E-state index in [4.69, 9.17) is 31.5 Å². The number of anilines is 1. The number of methoxy groups -OCH3 is 1. The number of aromatic carboxylic acids is 1. The van der Waals surface area contributed by atoms with E-state index in [-0.39, 0.29) is 63.1 Å². The fraction of sp³-hybridized carbons (Fsp3) is 0.314. The molecule has 0 saturated carbocycles. The summed E-state index contributed by atoms with van der Waals surface area (Å²) in [5, 5.41) is 11.7. The molecule has 2 aliphatic heterocycles. The quantitative estimate of drug-likeness (QED) is 0.113. The number of thiocarbonyl (C=S) groups is 1. The third-order valence-electron chi connectivity index (χ3n) is 8.12. The highest BCUT2D eigenvalue weighted by Gasteiger charge is 2.37. The van der Waals surface area contributed by atoms with E-state index >= 15 is 0 Å². The standard InChI is InChI=1S/C35H31F6N3O7S2/c1-49-27-17-21(22-15-24(34(36,37)38)19-25(16-22)35(39,40)41)14-23(30(27)51-13-10-43-8-11-50-12-9-43)18-28-31(46)44(33(52)53-28)7-6-29(45)42-26-4-2-20(3-5-26)32(47)48/h2-5,14-19H,6-13H2,1H3,(H,42,45)(H,47,48). The number of hydrogen-bond acceptors (Lipinski definition) is 9. The van der Waals surface area contributed by atoms with E-state index in [1.807, 2.05) is 0 Å². The van der Waals surface area contributed by atoms with Gasteiger partial charge in [0.2, 0.25) is 5.91 Å². The van der Waals surface area contributed by atoms with Crippen molar-refractivity contribution >= 4 is 57.8 Å². The van der Waals surface area contributed by atoms with Crippen LogP contribution in [0, 0.1) is 0 Å². The lowest BCUT2D eigenvalue weighted by atomic mass is 9.96. The number of halogens is 6. The molecule has 2 N–H and O–H groups in total. The highest BCUT2D eigenvalue weighted by atomic mass is 32.2. The van der Waals surface area contributed by atoms with Crippen LogP contribution in [0.1, 0.15) is 33.5 Å². The molecule has 2 saturated heterocycles. The molecule has 0 bridgehead atoms. The van der Waals surface area contributed by atoms with Crippen LogP contribution in [0.25, 0.3) is 17.2 Å². The van der Waals surface area contributed by atoms with Gasteiger partial charge in [0.25, 0.3) is 5.91 Å². The number of carboxylic acid groups (broad SMARTS) is 1. The Balaban J connectivity index is 1.45. The lowest BCUT2D eigenvalue weighted by molar-refractivity contribution is -0.143. The van der Waals surface area contributed by atoms with Crippen molar-refractivity contribution in [3.8, 4) is 22.6 Å². The molecule has 2 heterocycles. The number of alkyl halides is 6. The summed E-state index contributed by atoms with van der Waals surface area (Å²) in [7, 11) is 1.26. The van der Waals surface area contributed by atoms with Gasteiger partial charge in [-0.15, -0.1) is 0 Å². The number of amides is 2. The second-order valence-electron chi connectivity index (χ2n) is 11.7. The van der Waals surface area contributed by atoms with Crippen LogP contribution >= 0.6 is 24.0 Å². The van der Waals surface area contributed by atoms with Crippen molar-refractivity contribution in [1.29, 1.82) is 0 Å². The molecule has 0 radical (unpaired) electrons. The zero-order valence-electron chi connectivity index (χ0n) is 27.8. The van der Waals surface area contributed by atoms with Crippen molar-refractivity contribution in [3.05, 3.63) is 81.8 Å². The third kappa shape index (κ3) is 10.1. The van der Waals surface area contributed by atoms with Crippen LogP contribution in [-0.4, -0.2) is 90.1 Å². The highest BCUT2D eigenvalue weighted by molar-refractivity contribution is 8.26. The Hall–Kier alpha value is -4.65. The van der Waals surface area contributed by atoms with Crippen molar-refractivity contribution in [2.24, 2.45) is 0 Å². The van der Waals surface area contributed by atoms with Crippen LogP contribution in [0.4, 0.5) is 32.0 Å². The van der Waals surface area contributed by atoms with E-state index in [0.29, 0.717) is 50.7 Å². The number of carbonyl (C=O) groups is 3. The van der Waals surface area contributed by atoms with Gasteiger partial charge < -0.3 is 24.6 Å². The van der Waals surface area contributed by atoms with Gasteiger partial charge in [-0.3, -0.25) is 19.4 Å². The monoisotopic (exact) mass is 783 g/mol. The molecule has 53 heavy (non-hydrogen) atoms. The topological polar surface area (TPSA) is 118 Å². The number of carboxylic acids is 1. The van der Waals surface area contributed by atoms with Gasteiger partial charge in [0.15, 0.2) is 11.5 Å². The Morgan fingerprint density at radius 3 is 2.17 bits per heavy atom. The zero-order valence-corrected chi connectivity index (χ0v) is 29.4. The first-order chi connectivity index (χ1) is 25.0. The number of nitrogens with zero attached hydrogens (tertiary/aromatic N) is 2. The number of ether oxygens (including phenoxy) is 3. The molecule has 10 nitrogen and oxygen atoms in total. The number of thioether (sulfide) groups is 1. The second-order valence-corrected chi connectivity index (χ2v) is 13.4. The summed E-state index contributed by atoms with van der Waals surface area (Å²) in [6.45, 7) is 2.82. The number of rotatable bonds is 12. The normalized spacial score (nSPS) is 16.3. The number of hydrogen-bond donors (Lipinski definition) is 2. The van der Waals surface area contributed by atoms with Crippen molar-refractivity contribution in [1.82, 2.24) is 9.80 Å². The average molecular weight is 784 g/mol. The Kier molecular flexibility index (Phi) is 12.4. The molecule has 2 fully saturated rings. The minimum atomic E-state index is -5.08. The molecule has 0 aliphatic carbocycles. The fourth-order valence-electron chi connectivity index (χ4n) is 5.39. The molecule has 282 valence electrons. The smallest absolute Gasteiger partial charge is 0.416 e. The summed E-state index contributed by atoms with van der Waals surface area (Å²) in [6, 6.07) is 9.25. The van der Waals surface area contributed by atoms with E-state index in [0.717, 1.165) is 11.8 Å². The van der Waals surface area contributed by atoms with Crippen molar-refractivity contribution in [3.63, 3.8) is 0 Å². The molecule has 0 aromatic heterocycles. The maximum atomic E-state index is 13.7. The molecule has 2 amide bonds. The predicted molar refractivity (Wildman–Crippen MR) is 188 cm³/mol. The van der Waals surface area contributed by atoms with Gasteiger partial charge in [-0.2, -0.15) is 26.3 Å². The first-order valence-electron chi connectivity index (χ1n) is 15.9. The minimum absolute atomic E-state index is 0.00904. The largest absolute Gasteiger partial charge is 0.493 e. The van der Waals surface area contributed by atoms with Gasteiger partial charge in [-0.05, 0) is 71.8 Å². The fourth-order valence-corrected chi connectivity index (χ4v) is 6.69. The highest BCUT2D eigenvalue weighted by Crippen LogP contribution is 2.43. The van der Waals surface area contributed by atoms with Crippen molar-refractivity contribution < 1.29 is 60.0 Å². The van der Waals surface area contributed by atoms with E-state index < -0.39 is 46.8 Å². The molecule has 2 aliphatic rings. The molecule has 0 atom stereocenters. The maximum absolute atomic E-state index is 13.7. The Labute approximate surface area is 308 Å². The predicted octanol–water partition coefficient (Wildman–Crippen LogP) is 7.04. The number of nitrogens with one attached hydrogen (secondary N) is 1. The van der Waals surface area contributed by atoms with Crippen LogP contribution in [0.5, 0.6) is 11.5 Å². The molecule has 3 aromatic rings. The summed E-state index contributed by atoms with van der Waals surface area (Å²) in [6.07, 6.45) is -8.99. The minimum Gasteiger partial charge on any atom is -0.493 e. The SMILES string of the molecule is COc1cc(-c2cc(C(F)(F)F)cc(C(F)(F)F)c2)cc(C=C2SC(=S)N(CCC(=O)Nc3ccc(C(=O)O)cc3)C2=O)c1OCCN1CCOCC1.